The zero-order chi connectivity index (χ0) is 13.1. The normalized spacial score (nSPS) is 23.4. The molecule has 2 unspecified atom stereocenters. The van der Waals surface area contributed by atoms with Crippen molar-refractivity contribution in [3.05, 3.63) is 36.5 Å². The van der Waals surface area contributed by atoms with Crippen LogP contribution in [0.3, 0.4) is 0 Å². The number of nitrogens with zero attached hydrogens (tertiary/aromatic N) is 1. The van der Waals surface area contributed by atoms with E-state index in [4.69, 9.17) is 4.74 Å². The maximum absolute atomic E-state index is 5.29. The predicted molar refractivity (Wildman–Crippen MR) is 81.6 cm³/mol. The highest BCUT2D eigenvalue weighted by Gasteiger charge is 2.40. The van der Waals surface area contributed by atoms with Crippen molar-refractivity contribution in [2.45, 2.75) is 25.7 Å². The van der Waals surface area contributed by atoms with Gasteiger partial charge in [-0.15, -0.1) is 0 Å². The maximum Gasteiger partial charge on any atom is 0.143 e. The van der Waals surface area contributed by atoms with Gasteiger partial charge in [0, 0.05) is 17.6 Å². The monoisotopic (exact) mass is 319 g/mol. The Morgan fingerprint density at radius 2 is 2.05 bits per heavy atom. The van der Waals surface area contributed by atoms with E-state index in [-0.39, 0.29) is 0 Å². The highest BCUT2D eigenvalue weighted by molar-refractivity contribution is 9.09. The average Bonchev–Trinajstić information content (AvgIpc) is 3.06. The van der Waals surface area contributed by atoms with Crippen LogP contribution < -0.4 is 4.74 Å². The third-order valence-corrected chi connectivity index (χ3v) is 4.25. The topological polar surface area (TPSA) is 22.1 Å². The molecule has 2 aliphatic rings. The SMILES string of the molecule is BrCOc1ccc2cccnc2c1.C1CC2CC2C1. The average molecular weight is 320 g/mol. The summed E-state index contributed by atoms with van der Waals surface area (Å²) in [5.74, 6) is 3.26. The van der Waals surface area contributed by atoms with Gasteiger partial charge in [-0.1, -0.05) is 25.3 Å². The Bertz CT molecular complexity index is 549. The van der Waals surface area contributed by atoms with Gasteiger partial charge in [-0.3, -0.25) is 4.98 Å². The maximum atomic E-state index is 5.29. The highest BCUT2D eigenvalue weighted by atomic mass is 79.9. The van der Waals surface area contributed by atoms with Crippen LogP contribution in [0.15, 0.2) is 36.5 Å². The van der Waals surface area contributed by atoms with Crippen molar-refractivity contribution >= 4 is 26.8 Å². The Morgan fingerprint density at radius 3 is 2.68 bits per heavy atom. The molecule has 2 saturated carbocycles. The molecule has 19 heavy (non-hydrogen) atoms. The van der Waals surface area contributed by atoms with Crippen LogP contribution in [0.5, 0.6) is 5.75 Å². The van der Waals surface area contributed by atoms with Crippen molar-refractivity contribution in [1.29, 1.82) is 0 Å². The first-order valence-corrected chi connectivity index (χ1v) is 8.02. The molecule has 2 nitrogen and oxygen atoms in total. The second-order valence-corrected chi connectivity index (χ2v) is 5.76. The quantitative estimate of drug-likeness (QED) is 0.744. The van der Waals surface area contributed by atoms with E-state index in [0.717, 1.165) is 16.7 Å². The summed E-state index contributed by atoms with van der Waals surface area (Å²) in [4.78, 5) is 4.23. The number of fused-ring (bicyclic) bond motifs is 2. The molecule has 0 bridgehead atoms. The van der Waals surface area contributed by atoms with Gasteiger partial charge in [0.1, 0.15) is 11.3 Å². The molecule has 2 atom stereocenters. The van der Waals surface area contributed by atoms with Crippen LogP contribution in [0.4, 0.5) is 0 Å². The fraction of sp³-hybridized carbons (Fsp3) is 0.438. The molecule has 0 N–H and O–H groups in total. The minimum Gasteiger partial charge on any atom is -0.482 e. The summed E-state index contributed by atoms with van der Waals surface area (Å²) >= 11 is 3.21. The Morgan fingerprint density at radius 1 is 1.21 bits per heavy atom. The first kappa shape index (κ1) is 12.9. The number of aromatic nitrogens is 1. The second-order valence-electron chi connectivity index (χ2n) is 5.30. The van der Waals surface area contributed by atoms with Crippen LogP contribution >= 0.6 is 15.9 Å². The summed E-state index contributed by atoms with van der Waals surface area (Å²) < 4.78 is 5.29. The highest BCUT2D eigenvalue weighted by Crippen LogP contribution is 2.51. The number of halogens is 1. The summed E-state index contributed by atoms with van der Waals surface area (Å²) in [5, 5.41) is 1.13. The van der Waals surface area contributed by atoms with E-state index in [2.05, 4.69) is 20.9 Å². The second kappa shape index (κ2) is 5.91. The fourth-order valence-corrected chi connectivity index (χ4v) is 3.12. The zero-order valence-corrected chi connectivity index (χ0v) is 12.5. The minimum atomic E-state index is 0.505. The molecule has 1 aromatic heterocycles. The molecule has 3 heteroatoms. The van der Waals surface area contributed by atoms with Gasteiger partial charge >= 0.3 is 0 Å². The Hall–Kier alpha value is -1.09. The van der Waals surface area contributed by atoms with E-state index >= 15 is 0 Å². The summed E-state index contributed by atoms with van der Waals surface area (Å²) in [7, 11) is 0. The molecule has 2 aliphatic carbocycles. The van der Waals surface area contributed by atoms with Gasteiger partial charge < -0.3 is 4.74 Å². The van der Waals surface area contributed by atoms with Gasteiger partial charge in [-0.05, 0) is 52.4 Å². The minimum absolute atomic E-state index is 0.505. The van der Waals surface area contributed by atoms with E-state index in [9.17, 15) is 0 Å². The molecule has 1 aromatic carbocycles. The first-order chi connectivity index (χ1) is 9.36. The lowest BCUT2D eigenvalue weighted by molar-refractivity contribution is 0.398. The Labute approximate surface area is 122 Å². The van der Waals surface area contributed by atoms with E-state index in [1.54, 1.807) is 25.5 Å². The van der Waals surface area contributed by atoms with Crippen LogP contribution in [0, 0.1) is 11.8 Å². The van der Waals surface area contributed by atoms with Gasteiger partial charge in [0.15, 0.2) is 0 Å². The van der Waals surface area contributed by atoms with Crippen LogP contribution in [0.25, 0.3) is 10.9 Å². The molecular weight excluding hydrogens is 302 g/mol. The molecule has 2 fully saturated rings. The summed E-state index contributed by atoms with van der Waals surface area (Å²) in [5.41, 5.74) is 1.46. The number of hydrogen-bond acceptors (Lipinski definition) is 2. The Balaban J connectivity index is 0.000000151. The molecule has 0 saturated heterocycles. The smallest absolute Gasteiger partial charge is 0.143 e. The fourth-order valence-electron chi connectivity index (χ4n) is 2.86. The van der Waals surface area contributed by atoms with Gasteiger partial charge in [-0.25, -0.2) is 0 Å². The van der Waals surface area contributed by atoms with Crippen molar-refractivity contribution in [1.82, 2.24) is 4.98 Å². The third kappa shape index (κ3) is 3.27. The molecule has 0 amide bonds. The number of hydrogen-bond donors (Lipinski definition) is 0. The number of benzene rings is 1. The molecule has 0 spiro atoms. The van der Waals surface area contributed by atoms with Gasteiger partial charge in [0.05, 0.1) is 5.52 Å². The van der Waals surface area contributed by atoms with Gasteiger partial charge in [-0.2, -0.15) is 0 Å². The number of rotatable bonds is 2. The number of pyridine rings is 1. The van der Waals surface area contributed by atoms with Crippen molar-refractivity contribution in [2.24, 2.45) is 11.8 Å². The van der Waals surface area contributed by atoms with Crippen LogP contribution in [-0.2, 0) is 0 Å². The number of ether oxygens (including phenoxy) is 1. The molecule has 0 radical (unpaired) electrons. The van der Waals surface area contributed by atoms with Crippen molar-refractivity contribution in [3.8, 4) is 5.75 Å². The summed E-state index contributed by atoms with van der Waals surface area (Å²) in [6.45, 7) is 0. The lowest BCUT2D eigenvalue weighted by Crippen LogP contribution is -1.88. The van der Waals surface area contributed by atoms with Crippen molar-refractivity contribution in [2.75, 3.05) is 5.52 Å². The van der Waals surface area contributed by atoms with Gasteiger partial charge in [0.25, 0.3) is 0 Å². The van der Waals surface area contributed by atoms with E-state index < -0.39 is 0 Å². The lowest BCUT2D eigenvalue weighted by Gasteiger charge is -2.02. The van der Waals surface area contributed by atoms with Crippen LogP contribution in [-0.4, -0.2) is 10.5 Å². The molecule has 0 aliphatic heterocycles. The summed E-state index contributed by atoms with van der Waals surface area (Å²) in [6, 6.07) is 9.82. The van der Waals surface area contributed by atoms with Crippen LogP contribution in [0.2, 0.25) is 0 Å². The Kier molecular flexibility index (Phi) is 4.02. The predicted octanol–water partition coefficient (Wildman–Crippen LogP) is 4.77. The lowest BCUT2D eigenvalue weighted by atomic mass is 10.2. The van der Waals surface area contributed by atoms with E-state index in [1.807, 2.05) is 30.3 Å². The van der Waals surface area contributed by atoms with Crippen molar-refractivity contribution < 1.29 is 4.74 Å². The molecular formula is C16H18BrNO. The number of alkyl halides is 1. The van der Waals surface area contributed by atoms with E-state index in [1.165, 1.54) is 18.3 Å². The first-order valence-electron chi connectivity index (χ1n) is 6.90. The molecule has 1 heterocycles. The molecule has 4 rings (SSSR count). The van der Waals surface area contributed by atoms with Gasteiger partial charge in [0.2, 0.25) is 0 Å². The van der Waals surface area contributed by atoms with Crippen LogP contribution in [0.1, 0.15) is 25.7 Å². The van der Waals surface area contributed by atoms with Crippen molar-refractivity contribution in [3.63, 3.8) is 0 Å². The summed E-state index contributed by atoms with van der Waals surface area (Å²) in [6.07, 6.45) is 8.02. The molecule has 100 valence electrons. The standard InChI is InChI=1S/C10H8BrNO.C6H10/c11-7-13-9-4-3-8-2-1-5-12-10(8)6-9;1-2-5-4-6(5)3-1/h1-6H,7H2;5-6H,1-4H2. The third-order valence-electron chi connectivity index (χ3n) is 4.02. The zero-order valence-electron chi connectivity index (χ0n) is 10.9. The van der Waals surface area contributed by atoms with E-state index in [0.29, 0.717) is 5.52 Å². The largest absolute Gasteiger partial charge is 0.482 e. The molecule has 2 aromatic rings.